The molecule has 0 unspecified atom stereocenters. The van der Waals surface area contributed by atoms with E-state index in [0.29, 0.717) is 12.6 Å². The molecule has 0 amide bonds. The van der Waals surface area contributed by atoms with Crippen molar-refractivity contribution in [2.45, 2.75) is 56.8 Å². The van der Waals surface area contributed by atoms with Crippen LogP contribution in [0, 0.1) is 0 Å². The molecule has 162 valence electrons. The molecule has 0 heterocycles. The molecule has 3 aromatic carbocycles. The van der Waals surface area contributed by atoms with Gasteiger partial charge in [0.05, 0.1) is 5.60 Å². The van der Waals surface area contributed by atoms with E-state index < -0.39 is 5.60 Å². The summed E-state index contributed by atoms with van der Waals surface area (Å²) in [4.78, 5) is 0. The lowest BCUT2D eigenvalue weighted by molar-refractivity contribution is -0.00832. The minimum atomic E-state index is -0.722. The highest BCUT2D eigenvalue weighted by atomic mass is 16.5. The first kappa shape index (κ1) is 21.6. The molecule has 3 aromatic rings. The van der Waals surface area contributed by atoms with Crippen LogP contribution in [0.2, 0.25) is 0 Å². The van der Waals surface area contributed by atoms with Gasteiger partial charge in [0.1, 0.15) is 12.4 Å². The average molecular weight is 416 g/mol. The molecule has 0 saturated heterocycles. The summed E-state index contributed by atoms with van der Waals surface area (Å²) in [5.74, 6) is 0.838. The van der Waals surface area contributed by atoms with Crippen LogP contribution in [0.5, 0.6) is 5.75 Å². The van der Waals surface area contributed by atoms with Gasteiger partial charge in [-0.15, -0.1) is 0 Å². The second-order valence-electron chi connectivity index (χ2n) is 8.65. The summed E-state index contributed by atoms with van der Waals surface area (Å²) >= 11 is 0. The van der Waals surface area contributed by atoms with Crippen molar-refractivity contribution < 1.29 is 9.84 Å². The van der Waals surface area contributed by atoms with Crippen LogP contribution < -0.4 is 10.1 Å². The summed E-state index contributed by atoms with van der Waals surface area (Å²) in [5.41, 5.74) is 2.83. The molecular weight excluding hydrogens is 382 g/mol. The molecule has 2 N–H and O–H groups in total. The van der Waals surface area contributed by atoms with E-state index in [9.17, 15) is 5.11 Å². The summed E-state index contributed by atoms with van der Waals surface area (Å²) in [6.07, 6.45) is 5.88. The number of benzene rings is 3. The van der Waals surface area contributed by atoms with Gasteiger partial charge in [-0.05, 0) is 73.9 Å². The van der Waals surface area contributed by atoms with E-state index >= 15 is 0 Å². The summed E-state index contributed by atoms with van der Waals surface area (Å²) < 4.78 is 5.88. The minimum Gasteiger partial charge on any atom is -0.489 e. The Balaban J connectivity index is 1.20. The number of hydrogen-bond acceptors (Lipinski definition) is 3. The monoisotopic (exact) mass is 415 g/mol. The lowest BCUT2D eigenvalue weighted by Gasteiger charge is -2.37. The number of aryl methyl sites for hydroxylation is 1. The molecule has 0 atom stereocenters. The van der Waals surface area contributed by atoms with Crippen LogP contribution in [0.1, 0.15) is 48.8 Å². The zero-order valence-electron chi connectivity index (χ0n) is 18.2. The molecule has 1 fully saturated rings. The zero-order valence-corrected chi connectivity index (χ0v) is 18.2. The van der Waals surface area contributed by atoms with Crippen LogP contribution in [0.25, 0.3) is 0 Å². The van der Waals surface area contributed by atoms with Gasteiger partial charge < -0.3 is 15.2 Å². The third kappa shape index (κ3) is 6.19. The van der Waals surface area contributed by atoms with Gasteiger partial charge in [0.2, 0.25) is 0 Å². The molecule has 1 aliphatic carbocycles. The lowest BCUT2D eigenvalue weighted by atomic mass is 9.77. The fourth-order valence-electron chi connectivity index (χ4n) is 4.43. The normalized spacial score (nSPS) is 21.0. The molecule has 3 nitrogen and oxygen atoms in total. The Labute approximate surface area is 186 Å². The van der Waals surface area contributed by atoms with E-state index in [-0.39, 0.29) is 0 Å². The van der Waals surface area contributed by atoms with Crippen LogP contribution in [0.3, 0.4) is 0 Å². The maximum atomic E-state index is 11.2. The Kier molecular flexibility index (Phi) is 7.39. The van der Waals surface area contributed by atoms with Crippen molar-refractivity contribution in [3.63, 3.8) is 0 Å². The van der Waals surface area contributed by atoms with Gasteiger partial charge in [-0.25, -0.2) is 0 Å². The second kappa shape index (κ2) is 10.6. The van der Waals surface area contributed by atoms with Crippen molar-refractivity contribution in [2.24, 2.45) is 0 Å². The predicted molar refractivity (Wildman–Crippen MR) is 126 cm³/mol. The Hall–Kier alpha value is -2.62. The fourth-order valence-corrected chi connectivity index (χ4v) is 4.43. The van der Waals surface area contributed by atoms with Gasteiger partial charge in [0.15, 0.2) is 0 Å². The Morgan fingerprint density at radius 2 is 1.42 bits per heavy atom. The third-order valence-electron chi connectivity index (χ3n) is 6.37. The topological polar surface area (TPSA) is 41.5 Å². The molecule has 1 saturated carbocycles. The summed E-state index contributed by atoms with van der Waals surface area (Å²) in [6.45, 7) is 1.59. The zero-order chi connectivity index (χ0) is 21.4. The third-order valence-corrected chi connectivity index (χ3v) is 6.37. The number of nitrogens with one attached hydrogen (secondary N) is 1. The van der Waals surface area contributed by atoms with Gasteiger partial charge in [-0.3, -0.25) is 0 Å². The van der Waals surface area contributed by atoms with Crippen LogP contribution in [-0.2, 0) is 18.6 Å². The molecule has 31 heavy (non-hydrogen) atoms. The molecule has 3 heteroatoms. The summed E-state index contributed by atoms with van der Waals surface area (Å²) in [7, 11) is 0. The highest BCUT2D eigenvalue weighted by Crippen LogP contribution is 2.37. The number of rotatable bonds is 9. The number of ether oxygens (including phenoxy) is 1. The van der Waals surface area contributed by atoms with E-state index in [0.717, 1.165) is 61.9 Å². The largest absolute Gasteiger partial charge is 0.489 e. The van der Waals surface area contributed by atoms with Crippen molar-refractivity contribution in [3.8, 4) is 5.75 Å². The smallest absolute Gasteiger partial charge is 0.119 e. The van der Waals surface area contributed by atoms with Gasteiger partial charge in [0.25, 0.3) is 0 Å². The SMILES string of the molecule is O[C@]1(c2ccc(OCc3ccccc3)cc2)CC[C@H](NCCCc2ccccc2)CC1. The number of hydrogen-bond donors (Lipinski definition) is 2. The quantitative estimate of drug-likeness (QED) is 0.446. The molecule has 0 aromatic heterocycles. The van der Waals surface area contributed by atoms with Gasteiger partial charge >= 0.3 is 0 Å². The lowest BCUT2D eigenvalue weighted by Crippen LogP contribution is -2.40. The van der Waals surface area contributed by atoms with E-state index in [1.165, 1.54) is 5.56 Å². The first-order chi connectivity index (χ1) is 15.2. The maximum absolute atomic E-state index is 11.2. The van der Waals surface area contributed by atoms with E-state index in [1.807, 2.05) is 42.5 Å². The van der Waals surface area contributed by atoms with Gasteiger partial charge in [-0.1, -0.05) is 72.8 Å². The van der Waals surface area contributed by atoms with Crippen LogP contribution >= 0.6 is 0 Å². The van der Waals surface area contributed by atoms with Crippen molar-refractivity contribution in [3.05, 3.63) is 102 Å². The standard InChI is InChI=1S/C28H33NO2/c30-28(25-13-15-27(16-14-25)31-22-24-10-5-2-6-11-24)19-17-26(18-20-28)29-21-7-12-23-8-3-1-4-9-23/h1-6,8-11,13-16,26,29-30H,7,12,17-22H2/t26-,28+. The molecule has 4 rings (SSSR count). The molecule has 0 bridgehead atoms. The molecule has 0 spiro atoms. The molecule has 0 radical (unpaired) electrons. The van der Waals surface area contributed by atoms with Crippen LogP contribution in [-0.4, -0.2) is 17.7 Å². The molecular formula is C28H33NO2. The maximum Gasteiger partial charge on any atom is 0.119 e. The van der Waals surface area contributed by atoms with Crippen molar-refractivity contribution >= 4 is 0 Å². The van der Waals surface area contributed by atoms with Crippen molar-refractivity contribution in [1.29, 1.82) is 0 Å². The van der Waals surface area contributed by atoms with Crippen LogP contribution in [0.15, 0.2) is 84.9 Å². The first-order valence-electron chi connectivity index (χ1n) is 11.5. The van der Waals surface area contributed by atoms with E-state index in [4.69, 9.17) is 4.74 Å². The molecule has 0 aliphatic heterocycles. The Morgan fingerprint density at radius 1 is 0.806 bits per heavy atom. The van der Waals surface area contributed by atoms with Crippen LogP contribution in [0.4, 0.5) is 0 Å². The van der Waals surface area contributed by atoms with E-state index in [2.05, 4.69) is 47.8 Å². The summed E-state index contributed by atoms with van der Waals surface area (Å²) in [5, 5.41) is 14.9. The highest BCUT2D eigenvalue weighted by molar-refractivity contribution is 5.31. The average Bonchev–Trinajstić information content (AvgIpc) is 2.83. The molecule has 1 aliphatic rings. The summed E-state index contributed by atoms with van der Waals surface area (Å²) in [6, 6.07) is 29.3. The Bertz CT molecular complexity index is 901. The first-order valence-corrected chi connectivity index (χ1v) is 11.5. The van der Waals surface area contributed by atoms with Gasteiger partial charge in [0, 0.05) is 6.04 Å². The Morgan fingerprint density at radius 3 is 2.06 bits per heavy atom. The minimum absolute atomic E-state index is 0.504. The predicted octanol–water partition coefficient (Wildman–Crippen LogP) is 5.62. The highest BCUT2D eigenvalue weighted by Gasteiger charge is 2.34. The van der Waals surface area contributed by atoms with Crippen molar-refractivity contribution in [1.82, 2.24) is 5.32 Å². The van der Waals surface area contributed by atoms with E-state index in [1.54, 1.807) is 0 Å². The van der Waals surface area contributed by atoms with Gasteiger partial charge in [-0.2, -0.15) is 0 Å². The fraction of sp³-hybridized carbons (Fsp3) is 0.357. The second-order valence-corrected chi connectivity index (χ2v) is 8.65. The number of aliphatic hydroxyl groups is 1. The van der Waals surface area contributed by atoms with Crippen molar-refractivity contribution in [2.75, 3.05) is 6.54 Å².